The summed E-state index contributed by atoms with van der Waals surface area (Å²) in [6.07, 6.45) is 1.85. The first-order valence-electron chi connectivity index (χ1n) is 5.95. The minimum atomic E-state index is -0.172. The van der Waals surface area contributed by atoms with Gasteiger partial charge in [0.15, 0.2) is 0 Å². The van der Waals surface area contributed by atoms with Crippen LogP contribution < -0.4 is 0 Å². The fourth-order valence-corrected chi connectivity index (χ4v) is 2.32. The number of hydrogen-bond acceptors (Lipinski definition) is 2. The Morgan fingerprint density at radius 2 is 1.75 bits per heavy atom. The molecule has 0 fully saturated rings. The molecule has 0 spiro atoms. The molecule has 1 atom stereocenters. The third-order valence-electron chi connectivity index (χ3n) is 2.54. The van der Waals surface area contributed by atoms with Crippen molar-refractivity contribution in [3.05, 3.63) is 29.8 Å². The lowest BCUT2D eigenvalue weighted by atomic mass is 10.1. The van der Waals surface area contributed by atoms with Gasteiger partial charge in [-0.1, -0.05) is 31.5 Å². The third kappa shape index (κ3) is 5.57. The molecule has 0 aliphatic rings. The number of hydrogen-bond donors (Lipinski definition) is 1. The molecule has 0 saturated carbocycles. The molecular formula is C14H22OS. The van der Waals surface area contributed by atoms with Crippen LogP contribution in [0.2, 0.25) is 0 Å². The Bertz CT molecular complexity index is 292. The van der Waals surface area contributed by atoms with E-state index in [0.717, 1.165) is 18.6 Å². The summed E-state index contributed by atoms with van der Waals surface area (Å²) in [5.74, 6) is 1.48. The van der Waals surface area contributed by atoms with Crippen LogP contribution in [0, 0.1) is 12.8 Å². The Morgan fingerprint density at radius 1 is 1.12 bits per heavy atom. The molecule has 90 valence electrons. The fraction of sp³-hybridized carbons (Fsp3) is 0.571. The van der Waals surface area contributed by atoms with Gasteiger partial charge >= 0.3 is 0 Å². The molecule has 0 heterocycles. The van der Waals surface area contributed by atoms with Gasteiger partial charge in [-0.15, -0.1) is 11.8 Å². The molecule has 0 amide bonds. The molecule has 0 saturated heterocycles. The summed E-state index contributed by atoms with van der Waals surface area (Å²) in [5.41, 5.74) is 1.28. The molecule has 1 aromatic carbocycles. The van der Waals surface area contributed by atoms with Crippen molar-refractivity contribution in [1.29, 1.82) is 0 Å². The smallest absolute Gasteiger partial charge is 0.0634 e. The maximum absolute atomic E-state index is 9.79. The second kappa shape index (κ2) is 6.97. The molecule has 16 heavy (non-hydrogen) atoms. The zero-order chi connectivity index (χ0) is 12.0. The van der Waals surface area contributed by atoms with E-state index in [0.29, 0.717) is 5.92 Å². The number of rotatable bonds is 6. The van der Waals surface area contributed by atoms with Gasteiger partial charge in [-0.25, -0.2) is 0 Å². The summed E-state index contributed by atoms with van der Waals surface area (Å²) >= 11 is 1.74. The van der Waals surface area contributed by atoms with Crippen molar-refractivity contribution in [2.24, 2.45) is 5.92 Å². The number of aliphatic hydroxyl groups is 1. The standard InChI is InChI=1S/C14H22OS/c1-11(2)4-7-13(15)10-16-14-8-5-12(3)6-9-14/h5-6,8-9,11,13,15H,4,7,10H2,1-3H3. The van der Waals surface area contributed by atoms with Gasteiger partial charge in [-0.3, -0.25) is 0 Å². The van der Waals surface area contributed by atoms with Crippen LogP contribution in [0.5, 0.6) is 0 Å². The van der Waals surface area contributed by atoms with E-state index in [1.807, 2.05) is 0 Å². The van der Waals surface area contributed by atoms with Gasteiger partial charge < -0.3 is 5.11 Å². The molecule has 1 unspecified atom stereocenters. The highest BCUT2D eigenvalue weighted by Crippen LogP contribution is 2.20. The van der Waals surface area contributed by atoms with E-state index >= 15 is 0 Å². The van der Waals surface area contributed by atoms with Gasteiger partial charge in [0, 0.05) is 10.6 Å². The van der Waals surface area contributed by atoms with Crippen LogP contribution in [0.1, 0.15) is 32.3 Å². The molecule has 0 aliphatic heterocycles. The highest BCUT2D eigenvalue weighted by atomic mass is 32.2. The van der Waals surface area contributed by atoms with E-state index < -0.39 is 0 Å². The molecule has 0 aliphatic carbocycles. The Labute approximate surface area is 103 Å². The van der Waals surface area contributed by atoms with Gasteiger partial charge in [0.1, 0.15) is 0 Å². The first kappa shape index (κ1) is 13.6. The zero-order valence-corrected chi connectivity index (χ0v) is 11.3. The van der Waals surface area contributed by atoms with Crippen LogP contribution in [0.15, 0.2) is 29.2 Å². The summed E-state index contributed by atoms with van der Waals surface area (Å²) < 4.78 is 0. The predicted octanol–water partition coefficient (Wildman–Crippen LogP) is 3.88. The summed E-state index contributed by atoms with van der Waals surface area (Å²) in [5, 5.41) is 9.79. The van der Waals surface area contributed by atoms with Gasteiger partial charge in [0.2, 0.25) is 0 Å². The fourth-order valence-electron chi connectivity index (χ4n) is 1.44. The van der Waals surface area contributed by atoms with Crippen LogP contribution in [-0.4, -0.2) is 17.0 Å². The predicted molar refractivity (Wildman–Crippen MR) is 72.0 cm³/mol. The summed E-state index contributed by atoms with van der Waals surface area (Å²) in [4.78, 5) is 1.24. The zero-order valence-electron chi connectivity index (χ0n) is 10.4. The number of benzene rings is 1. The van der Waals surface area contributed by atoms with E-state index in [2.05, 4.69) is 45.0 Å². The molecule has 1 rings (SSSR count). The number of aliphatic hydroxyl groups excluding tert-OH is 1. The molecule has 0 aromatic heterocycles. The number of thioether (sulfide) groups is 1. The van der Waals surface area contributed by atoms with E-state index in [1.54, 1.807) is 11.8 Å². The lowest BCUT2D eigenvalue weighted by Crippen LogP contribution is -2.10. The largest absolute Gasteiger partial charge is 0.392 e. The second-order valence-corrected chi connectivity index (χ2v) is 5.84. The van der Waals surface area contributed by atoms with Gasteiger partial charge in [0.25, 0.3) is 0 Å². The van der Waals surface area contributed by atoms with Crippen molar-refractivity contribution in [1.82, 2.24) is 0 Å². The minimum absolute atomic E-state index is 0.172. The average Bonchev–Trinajstić information content (AvgIpc) is 2.25. The van der Waals surface area contributed by atoms with Crippen LogP contribution in [-0.2, 0) is 0 Å². The molecule has 1 aromatic rings. The topological polar surface area (TPSA) is 20.2 Å². The molecule has 1 N–H and O–H groups in total. The molecule has 0 bridgehead atoms. The molecular weight excluding hydrogens is 216 g/mol. The Hall–Kier alpha value is -0.470. The van der Waals surface area contributed by atoms with Crippen molar-refractivity contribution >= 4 is 11.8 Å². The Kier molecular flexibility index (Phi) is 5.93. The van der Waals surface area contributed by atoms with Crippen molar-refractivity contribution in [2.45, 2.75) is 44.6 Å². The Balaban J connectivity index is 2.26. The molecule has 2 heteroatoms. The average molecular weight is 238 g/mol. The van der Waals surface area contributed by atoms with E-state index in [9.17, 15) is 5.11 Å². The maximum atomic E-state index is 9.79. The summed E-state index contributed by atoms with van der Waals surface area (Å²) in [6, 6.07) is 8.47. The van der Waals surface area contributed by atoms with Crippen molar-refractivity contribution in [3.8, 4) is 0 Å². The highest BCUT2D eigenvalue weighted by molar-refractivity contribution is 7.99. The molecule has 1 nitrogen and oxygen atoms in total. The van der Waals surface area contributed by atoms with Crippen LogP contribution >= 0.6 is 11.8 Å². The first-order valence-corrected chi connectivity index (χ1v) is 6.94. The van der Waals surface area contributed by atoms with Gasteiger partial charge in [-0.2, -0.15) is 0 Å². The van der Waals surface area contributed by atoms with Crippen LogP contribution in [0.25, 0.3) is 0 Å². The SMILES string of the molecule is Cc1ccc(SCC(O)CCC(C)C)cc1. The van der Waals surface area contributed by atoms with E-state index in [1.165, 1.54) is 10.5 Å². The highest BCUT2D eigenvalue weighted by Gasteiger charge is 2.06. The lowest BCUT2D eigenvalue weighted by molar-refractivity contribution is 0.180. The van der Waals surface area contributed by atoms with Crippen LogP contribution in [0.3, 0.4) is 0 Å². The number of aryl methyl sites for hydroxylation is 1. The first-order chi connectivity index (χ1) is 7.58. The monoisotopic (exact) mass is 238 g/mol. The lowest BCUT2D eigenvalue weighted by Gasteiger charge is -2.11. The summed E-state index contributed by atoms with van der Waals surface area (Å²) in [7, 11) is 0. The van der Waals surface area contributed by atoms with Crippen molar-refractivity contribution in [2.75, 3.05) is 5.75 Å². The van der Waals surface area contributed by atoms with E-state index in [-0.39, 0.29) is 6.10 Å². The minimum Gasteiger partial charge on any atom is -0.392 e. The van der Waals surface area contributed by atoms with Gasteiger partial charge in [0.05, 0.1) is 6.10 Å². The second-order valence-electron chi connectivity index (χ2n) is 4.75. The van der Waals surface area contributed by atoms with Gasteiger partial charge in [-0.05, 0) is 37.8 Å². The summed E-state index contributed by atoms with van der Waals surface area (Å²) in [6.45, 7) is 6.48. The maximum Gasteiger partial charge on any atom is 0.0634 e. The van der Waals surface area contributed by atoms with Crippen molar-refractivity contribution in [3.63, 3.8) is 0 Å². The van der Waals surface area contributed by atoms with Crippen molar-refractivity contribution < 1.29 is 5.11 Å². The Morgan fingerprint density at radius 3 is 2.31 bits per heavy atom. The normalized spacial score (nSPS) is 13.1. The quantitative estimate of drug-likeness (QED) is 0.759. The van der Waals surface area contributed by atoms with Crippen LogP contribution in [0.4, 0.5) is 0 Å². The molecule has 0 radical (unpaired) electrons. The third-order valence-corrected chi connectivity index (χ3v) is 3.70. The van der Waals surface area contributed by atoms with E-state index in [4.69, 9.17) is 0 Å².